The predicted molar refractivity (Wildman–Crippen MR) is 234 cm³/mol. The number of hydrogen-bond donors (Lipinski definition) is 0. The lowest BCUT2D eigenvalue weighted by Gasteiger charge is -2.45. The normalized spacial score (nSPS) is 18.2. The third kappa shape index (κ3) is 7.70. The zero-order chi connectivity index (χ0) is 44.8. The van der Waals surface area contributed by atoms with Crippen LogP contribution in [0.25, 0.3) is 28.7 Å². The molecule has 0 amide bonds. The van der Waals surface area contributed by atoms with E-state index in [1.807, 2.05) is 15.2 Å². The van der Waals surface area contributed by atoms with E-state index in [9.17, 15) is 17.6 Å². The van der Waals surface area contributed by atoms with Gasteiger partial charge in [-0.2, -0.15) is 9.97 Å². The topological polar surface area (TPSA) is 150 Å². The Bertz CT molecular complexity index is 2940. The van der Waals surface area contributed by atoms with Gasteiger partial charge in [0, 0.05) is 42.7 Å². The van der Waals surface area contributed by atoms with Gasteiger partial charge in [0.2, 0.25) is 11.2 Å². The number of halogens is 5. The maximum atomic E-state index is 13.8. The van der Waals surface area contributed by atoms with Gasteiger partial charge >= 0.3 is 0 Å². The van der Waals surface area contributed by atoms with Gasteiger partial charge in [-0.05, 0) is 98.9 Å². The quantitative estimate of drug-likeness (QED) is 0.111. The van der Waals surface area contributed by atoms with E-state index in [1.54, 1.807) is 48.2 Å². The molecule has 0 unspecified atom stereocenters. The van der Waals surface area contributed by atoms with Crippen LogP contribution in [0.2, 0.25) is 5.28 Å². The van der Waals surface area contributed by atoms with Crippen molar-refractivity contribution >= 4 is 28.9 Å². The van der Waals surface area contributed by atoms with Crippen LogP contribution >= 0.6 is 11.6 Å². The Labute approximate surface area is 375 Å². The number of nitrogens with zero attached hydrogens (tertiary/aromatic N) is 15. The second-order valence-corrected chi connectivity index (χ2v) is 16.6. The highest BCUT2D eigenvalue weighted by Crippen LogP contribution is 2.45. The maximum Gasteiger partial charge on any atom is 0.237 e. The van der Waals surface area contributed by atoms with E-state index in [2.05, 4.69) is 69.0 Å². The second-order valence-electron chi connectivity index (χ2n) is 16.2. The van der Waals surface area contributed by atoms with Crippen molar-refractivity contribution in [1.29, 1.82) is 0 Å². The Morgan fingerprint density at radius 3 is 1.77 bits per heavy atom. The zero-order valence-corrected chi connectivity index (χ0v) is 36.1. The molecule has 12 rings (SSSR count). The molecule has 0 N–H and O–H groups in total. The first kappa shape index (κ1) is 42.1. The molecule has 20 heteroatoms. The van der Waals surface area contributed by atoms with E-state index in [4.69, 9.17) is 16.6 Å². The largest absolute Gasteiger partial charge is 0.341 e. The van der Waals surface area contributed by atoms with Gasteiger partial charge in [-0.15, -0.1) is 20.4 Å². The van der Waals surface area contributed by atoms with Crippen molar-refractivity contribution in [2.24, 2.45) is 4.99 Å². The average molecular weight is 904 g/mol. The predicted octanol–water partition coefficient (Wildman–Crippen LogP) is 9.22. The van der Waals surface area contributed by atoms with Gasteiger partial charge in [-0.1, -0.05) is 26.0 Å². The number of hydrogen-bond acceptors (Lipinski definition) is 12. The summed E-state index contributed by atoms with van der Waals surface area (Å²) < 4.78 is 58.2. The Kier molecular flexibility index (Phi) is 11.4. The van der Waals surface area contributed by atoms with Crippen molar-refractivity contribution in [2.45, 2.75) is 95.8 Å². The monoisotopic (exact) mass is 903 g/mol. The molecule has 7 aromatic rings. The lowest BCUT2D eigenvalue weighted by molar-refractivity contribution is 0.341. The Morgan fingerprint density at radius 2 is 1.23 bits per heavy atom. The number of fused-ring (bicyclic) bond motifs is 6. The number of aromatic nitrogens is 12. The standard InChI is InChI=1S/C22H20F2N8.C13H15ClN6.C10H7F2N/c1-2-17-21-29-27-12-31(21)18-11-26-22(28-20(18)32(17)14-4-3-5-14)30-9-8-25-19(30)13-6-7-15(23)16(24)10-13;1-2-9-12-18-16-7-19(12)10-6-15-13(14)17-11(10)20(9)8-4-3-5-8;11-8-4-3-7(6-9(8)12)10-2-1-5-13-10/h6-12,14,17H,2-5H2,1H3;6-9H,2-5H2,1H3;1,3-6H,2H2/t17-;9-;/m11./s1. The molecular formula is C45H42ClF4N15. The van der Waals surface area contributed by atoms with Crippen LogP contribution in [-0.2, 0) is 0 Å². The van der Waals surface area contributed by atoms with E-state index in [1.165, 1.54) is 43.9 Å². The molecule has 2 saturated carbocycles. The van der Waals surface area contributed by atoms with Crippen LogP contribution in [0.5, 0.6) is 0 Å². The fourth-order valence-electron chi connectivity index (χ4n) is 8.88. The number of anilines is 2. The van der Waals surface area contributed by atoms with Crippen molar-refractivity contribution in [3.8, 4) is 28.7 Å². The molecule has 332 valence electrons. The Balaban J connectivity index is 0.000000128. The lowest BCUT2D eigenvalue weighted by Crippen LogP contribution is -2.46. The van der Waals surface area contributed by atoms with E-state index in [0.29, 0.717) is 46.7 Å². The molecule has 15 nitrogen and oxygen atoms in total. The molecule has 2 fully saturated rings. The summed E-state index contributed by atoms with van der Waals surface area (Å²) in [5.74, 6) is 0.976. The van der Waals surface area contributed by atoms with Gasteiger partial charge in [0.25, 0.3) is 0 Å². The van der Waals surface area contributed by atoms with Crippen molar-refractivity contribution < 1.29 is 17.6 Å². The van der Waals surface area contributed by atoms with E-state index in [0.717, 1.165) is 84.3 Å². The molecule has 2 aliphatic carbocycles. The average Bonchev–Trinajstić information content (AvgIpc) is 4.13. The summed E-state index contributed by atoms with van der Waals surface area (Å²) in [6, 6.07) is 8.73. The van der Waals surface area contributed by atoms with Gasteiger partial charge in [0.1, 0.15) is 29.9 Å². The van der Waals surface area contributed by atoms with Crippen molar-refractivity contribution in [1.82, 2.24) is 59.0 Å². The molecule has 0 spiro atoms. The molecule has 0 bridgehead atoms. The minimum atomic E-state index is -0.925. The van der Waals surface area contributed by atoms with E-state index < -0.39 is 23.3 Å². The van der Waals surface area contributed by atoms with Gasteiger partial charge < -0.3 is 9.80 Å². The minimum Gasteiger partial charge on any atom is -0.341 e. The fraction of sp³-hybridized carbons (Fsp3) is 0.333. The fourth-order valence-corrected chi connectivity index (χ4v) is 9.01. The molecule has 65 heavy (non-hydrogen) atoms. The van der Waals surface area contributed by atoms with Gasteiger partial charge in [-0.3, -0.25) is 18.7 Å². The van der Waals surface area contributed by atoms with Crippen LogP contribution in [0.4, 0.5) is 29.2 Å². The van der Waals surface area contributed by atoms with Crippen LogP contribution in [0.15, 0.2) is 91.1 Å². The summed E-state index contributed by atoms with van der Waals surface area (Å²) in [5, 5.41) is 17.2. The van der Waals surface area contributed by atoms with E-state index in [-0.39, 0.29) is 12.1 Å². The lowest BCUT2D eigenvalue weighted by atomic mass is 9.89. The summed E-state index contributed by atoms with van der Waals surface area (Å²) in [6.45, 7) is 4.31. The smallest absolute Gasteiger partial charge is 0.237 e. The first-order valence-electron chi connectivity index (χ1n) is 21.6. The van der Waals surface area contributed by atoms with Crippen molar-refractivity contribution in [3.05, 3.63) is 132 Å². The molecule has 5 aromatic heterocycles. The zero-order valence-electron chi connectivity index (χ0n) is 35.4. The van der Waals surface area contributed by atoms with Gasteiger partial charge in [0.05, 0.1) is 30.2 Å². The summed E-state index contributed by atoms with van der Waals surface area (Å²) in [7, 11) is 0. The SMILES string of the molecule is CC[C@@H]1c2nncn2-c2cnc(-n3ccnc3-c3ccc(F)c(F)c3)nc2N1C1CCC1.CC[C@@H]1c2nncn2-c2cnc(Cl)nc2N1C1CCC1.Fc1ccc(C2=NC=CC2)cc1F. The number of aliphatic imine (C=N–C) groups is 1. The first-order chi connectivity index (χ1) is 31.7. The van der Waals surface area contributed by atoms with E-state index >= 15 is 0 Å². The number of benzene rings is 2. The second kappa shape index (κ2) is 17.6. The third-order valence-electron chi connectivity index (χ3n) is 12.5. The summed E-state index contributed by atoms with van der Waals surface area (Å²) in [4.78, 5) is 31.2. The van der Waals surface area contributed by atoms with Crippen molar-refractivity contribution in [2.75, 3.05) is 9.80 Å². The molecular weight excluding hydrogens is 862 g/mol. The molecule has 5 aliphatic rings. The number of imidazole rings is 1. The molecule has 8 heterocycles. The molecule has 2 aromatic carbocycles. The Morgan fingerprint density at radius 1 is 0.662 bits per heavy atom. The highest BCUT2D eigenvalue weighted by atomic mass is 35.5. The number of allylic oxidation sites excluding steroid dienone is 1. The third-order valence-corrected chi connectivity index (χ3v) is 12.7. The van der Waals surface area contributed by atoms with Crippen LogP contribution in [-0.4, -0.2) is 76.8 Å². The van der Waals surface area contributed by atoms with Crippen LogP contribution < -0.4 is 9.80 Å². The molecule has 2 atom stereocenters. The van der Waals surface area contributed by atoms with Gasteiger partial charge in [-0.25, -0.2) is 32.5 Å². The molecule has 0 saturated heterocycles. The molecule has 3 aliphatic heterocycles. The summed E-state index contributed by atoms with van der Waals surface area (Å²) >= 11 is 6.01. The minimum absolute atomic E-state index is 0.0755. The Hall–Kier alpha value is -6.89. The van der Waals surface area contributed by atoms with Crippen LogP contribution in [0.1, 0.15) is 101 Å². The maximum absolute atomic E-state index is 13.8. The van der Waals surface area contributed by atoms with Crippen LogP contribution in [0, 0.1) is 23.3 Å². The highest BCUT2D eigenvalue weighted by Gasteiger charge is 2.41. The summed E-state index contributed by atoms with van der Waals surface area (Å²) in [6.07, 6.45) is 23.4. The van der Waals surface area contributed by atoms with Crippen molar-refractivity contribution in [3.63, 3.8) is 0 Å². The highest BCUT2D eigenvalue weighted by molar-refractivity contribution is 6.28. The van der Waals surface area contributed by atoms with Gasteiger partial charge in [0.15, 0.2) is 46.6 Å². The first-order valence-corrected chi connectivity index (χ1v) is 22.0. The molecule has 0 radical (unpaired) electrons. The van der Waals surface area contributed by atoms with Crippen LogP contribution in [0.3, 0.4) is 0 Å². The number of rotatable bonds is 7. The summed E-state index contributed by atoms with van der Waals surface area (Å²) in [5.41, 5.74) is 3.62.